The van der Waals surface area contributed by atoms with Gasteiger partial charge in [0.1, 0.15) is 18.0 Å². The van der Waals surface area contributed by atoms with E-state index in [9.17, 15) is 4.79 Å². The number of benzene rings is 1. The van der Waals surface area contributed by atoms with E-state index in [0.29, 0.717) is 23.1 Å². The maximum absolute atomic E-state index is 11.6. The Morgan fingerprint density at radius 2 is 2.05 bits per heavy atom. The second kappa shape index (κ2) is 7.87. The average Bonchev–Trinajstić information content (AvgIpc) is 3.00. The van der Waals surface area contributed by atoms with Crippen LogP contribution in [-0.4, -0.2) is 18.2 Å². The average molecular weight is 325 g/mol. The summed E-state index contributed by atoms with van der Waals surface area (Å²) in [5.41, 5.74) is 1.10. The maximum atomic E-state index is 11.6. The van der Waals surface area contributed by atoms with Crippen molar-refractivity contribution >= 4 is 17.6 Å². The lowest BCUT2D eigenvalue weighted by Crippen LogP contribution is -2.38. The Labute approximate surface area is 137 Å². The van der Waals surface area contributed by atoms with Crippen molar-refractivity contribution in [2.75, 3.05) is 0 Å². The Morgan fingerprint density at radius 3 is 2.64 bits per heavy atom. The third kappa shape index (κ3) is 4.39. The van der Waals surface area contributed by atoms with Crippen LogP contribution in [0.4, 0.5) is 0 Å². The highest BCUT2D eigenvalue weighted by molar-refractivity contribution is 6.32. The first kappa shape index (κ1) is 17.1. The normalized spacial score (nSPS) is 18.0. The second-order valence-corrected chi connectivity index (χ2v) is 6.52. The molecule has 1 aliphatic carbocycles. The Balaban J connectivity index is 2.14. The van der Waals surface area contributed by atoms with Gasteiger partial charge in [0.25, 0.3) is 0 Å². The van der Waals surface area contributed by atoms with E-state index >= 15 is 0 Å². The Hall–Kier alpha value is -1.22. The first-order valence-electron chi connectivity index (χ1n) is 8.13. The summed E-state index contributed by atoms with van der Waals surface area (Å²) >= 11 is 6.29. The standard InChI is InChI=1S/C18H25ClO3/c1-4-17(20)21-13(3)18(14-7-5-6-8-14)22-16-10-9-12(2)11-15(16)19/h9-11,13-14,18H,4-8H2,1-3H3/t13?,18-/m0/s1. The summed E-state index contributed by atoms with van der Waals surface area (Å²) in [5.74, 6) is 0.898. The van der Waals surface area contributed by atoms with Gasteiger partial charge < -0.3 is 9.47 Å². The molecule has 1 fully saturated rings. The van der Waals surface area contributed by atoms with Crippen LogP contribution in [0.25, 0.3) is 0 Å². The van der Waals surface area contributed by atoms with Crippen molar-refractivity contribution in [3.63, 3.8) is 0 Å². The summed E-state index contributed by atoms with van der Waals surface area (Å²) in [4.78, 5) is 11.6. The van der Waals surface area contributed by atoms with Crippen LogP contribution >= 0.6 is 11.6 Å². The molecule has 0 heterocycles. The molecule has 1 saturated carbocycles. The van der Waals surface area contributed by atoms with Crippen molar-refractivity contribution in [2.45, 2.75) is 65.1 Å². The maximum Gasteiger partial charge on any atom is 0.305 e. The topological polar surface area (TPSA) is 35.5 Å². The smallest absolute Gasteiger partial charge is 0.305 e. The number of carbonyl (C=O) groups excluding carboxylic acids is 1. The van der Waals surface area contributed by atoms with Gasteiger partial charge in [-0.25, -0.2) is 0 Å². The molecule has 0 saturated heterocycles. The van der Waals surface area contributed by atoms with Crippen LogP contribution in [0.15, 0.2) is 18.2 Å². The molecule has 0 amide bonds. The van der Waals surface area contributed by atoms with Crippen LogP contribution < -0.4 is 4.74 Å². The molecular formula is C18H25ClO3. The van der Waals surface area contributed by atoms with Gasteiger partial charge in [-0.15, -0.1) is 0 Å². The molecule has 2 atom stereocenters. The van der Waals surface area contributed by atoms with Crippen LogP contribution in [0.1, 0.15) is 51.5 Å². The van der Waals surface area contributed by atoms with E-state index in [1.54, 1.807) is 6.92 Å². The molecule has 0 bridgehead atoms. The highest BCUT2D eigenvalue weighted by Crippen LogP contribution is 2.35. The fraction of sp³-hybridized carbons (Fsp3) is 0.611. The van der Waals surface area contributed by atoms with Crippen LogP contribution in [0.3, 0.4) is 0 Å². The van der Waals surface area contributed by atoms with Crippen LogP contribution in [0, 0.1) is 12.8 Å². The zero-order chi connectivity index (χ0) is 16.1. The highest BCUT2D eigenvalue weighted by Gasteiger charge is 2.33. The molecule has 22 heavy (non-hydrogen) atoms. The van der Waals surface area contributed by atoms with E-state index in [4.69, 9.17) is 21.1 Å². The molecular weight excluding hydrogens is 300 g/mol. The molecule has 3 nitrogen and oxygen atoms in total. The molecule has 0 spiro atoms. The van der Waals surface area contributed by atoms with Crippen molar-refractivity contribution in [3.8, 4) is 5.75 Å². The molecule has 0 aromatic heterocycles. The summed E-state index contributed by atoms with van der Waals surface area (Å²) < 4.78 is 11.7. The van der Waals surface area contributed by atoms with Crippen molar-refractivity contribution in [1.82, 2.24) is 0 Å². The van der Waals surface area contributed by atoms with Crippen LogP contribution in [0.5, 0.6) is 5.75 Å². The summed E-state index contributed by atoms with van der Waals surface area (Å²) in [6, 6.07) is 5.77. The van der Waals surface area contributed by atoms with Gasteiger partial charge in [-0.05, 0) is 50.3 Å². The molecule has 0 N–H and O–H groups in total. The van der Waals surface area contributed by atoms with Crippen LogP contribution in [-0.2, 0) is 9.53 Å². The van der Waals surface area contributed by atoms with Crippen LogP contribution in [0.2, 0.25) is 5.02 Å². The van der Waals surface area contributed by atoms with E-state index in [-0.39, 0.29) is 18.2 Å². The number of hydrogen-bond acceptors (Lipinski definition) is 3. The molecule has 1 unspecified atom stereocenters. The molecule has 2 rings (SSSR count). The SMILES string of the molecule is CCC(=O)OC(C)[C@H](Oc1ccc(C)cc1Cl)C1CCCC1. The minimum atomic E-state index is -0.270. The number of esters is 1. The number of hydrogen-bond donors (Lipinski definition) is 0. The zero-order valence-electron chi connectivity index (χ0n) is 13.6. The largest absolute Gasteiger partial charge is 0.485 e. The zero-order valence-corrected chi connectivity index (χ0v) is 14.4. The minimum absolute atomic E-state index is 0.141. The fourth-order valence-electron chi connectivity index (χ4n) is 3.07. The van der Waals surface area contributed by atoms with E-state index < -0.39 is 0 Å². The first-order chi connectivity index (χ1) is 10.5. The van der Waals surface area contributed by atoms with Gasteiger partial charge in [-0.2, -0.15) is 0 Å². The van der Waals surface area contributed by atoms with Gasteiger partial charge in [0.2, 0.25) is 0 Å². The number of rotatable bonds is 6. The Morgan fingerprint density at radius 1 is 1.36 bits per heavy atom. The molecule has 122 valence electrons. The lowest BCUT2D eigenvalue weighted by atomic mass is 9.96. The quantitative estimate of drug-likeness (QED) is 0.696. The van der Waals surface area contributed by atoms with E-state index in [0.717, 1.165) is 18.4 Å². The number of ether oxygens (including phenoxy) is 2. The van der Waals surface area contributed by atoms with Crippen molar-refractivity contribution in [2.24, 2.45) is 5.92 Å². The molecule has 0 radical (unpaired) electrons. The van der Waals surface area contributed by atoms with E-state index in [2.05, 4.69) is 0 Å². The molecule has 1 aromatic rings. The highest BCUT2D eigenvalue weighted by atomic mass is 35.5. The third-order valence-electron chi connectivity index (χ3n) is 4.28. The molecule has 0 aliphatic heterocycles. The lowest BCUT2D eigenvalue weighted by Gasteiger charge is -2.30. The van der Waals surface area contributed by atoms with Gasteiger partial charge in [0.05, 0.1) is 5.02 Å². The summed E-state index contributed by atoms with van der Waals surface area (Å²) in [6.45, 7) is 5.71. The van der Waals surface area contributed by atoms with Gasteiger partial charge >= 0.3 is 5.97 Å². The van der Waals surface area contributed by atoms with Crippen molar-refractivity contribution in [3.05, 3.63) is 28.8 Å². The number of aryl methyl sites for hydroxylation is 1. The van der Waals surface area contributed by atoms with Crippen molar-refractivity contribution in [1.29, 1.82) is 0 Å². The lowest BCUT2D eigenvalue weighted by molar-refractivity contribution is -0.153. The minimum Gasteiger partial charge on any atom is -0.485 e. The van der Waals surface area contributed by atoms with Gasteiger partial charge in [-0.3, -0.25) is 4.79 Å². The monoisotopic (exact) mass is 324 g/mol. The van der Waals surface area contributed by atoms with Gasteiger partial charge in [-0.1, -0.05) is 37.4 Å². The predicted octanol–water partition coefficient (Wildman–Crippen LogP) is 4.93. The molecule has 1 aliphatic rings. The Bertz CT molecular complexity index is 509. The molecule has 1 aromatic carbocycles. The Kier molecular flexibility index (Phi) is 6.13. The van der Waals surface area contributed by atoms with Gasteiger partial charge in [0, 0.05) is 6.42 Å². The van der Waals surface area contributed by atoms with E-state index in [1.165, 1.54) is 12.8 Å². The number of halogens is 1. The van der Waals surface area contributed by atoms with Crippen molar-refractivity contribution < 1.29 is 14.3 Å². The van der Waals surface area contributed by atoms with E-state index in [1.807, 2.05) is 32.0 Å². The number of carbonyl (C=O) groups is 1. The summed E-state index contributed by atoms with van der Waals surface area (Å²) in [7, 11) is 0. The third-order valence-corrected chi connectivity index (χ3v) is 4.58. The predicted molar refractivity (Wildman–Crippen MR) is 88.4 cm³/mol. The summed E-state index contributed by atoms with van der Waals surface area (Å²) in [5, 5.41) is 0.608. The molecule has 4 heteroatoms. The first-order valence-corrected chi connectivity index (χ1v) is 8.51. The fourth-order valence-corrected chi connectivity index (χ4v) is 3.35. The van der Waals surface area contributed by atoms with Gasteiger partial charge in [0.15, 0.2) is 0 Å². The summed E-state index contributed by atoms with van der Waals surface area (Å²) in [6.07, 6.45) is 4.62. The second-order valence-electron chi connectivity index (χ2n) is 6.11.